The van der Waals surface area contributed by atoms with E-state index in [-0.39, 0.29) is 17.6 Å². The van der Waals surface area contributed by atoms with Gasteiger partial charge in [0.2, 0.25) is 16.0 Å². The SMILES string of the molecule is CC(C)c1nc(N(C)S(C)(=O)=O)nc(-c2ccc(F)cc2)c1/C=C/C(O)=C/[C@@H](O)CC(=O)O. The molecule has 178 valence electrons. The van der Waals surface area contributed by atoms with Gasteiger partial charge in [-0.15, -0.1) is 0 Å². The van der Waals surface area contributed by atoms with E-state index < -0.39 is 34.3 Å². The maximum absolute atomic E-state index is 13.5. The number of carboxylic acid groups (broad SMARTS) is 1. The standard InChI is InChI=1S/C22H26FN3O6S/c1-13(2)20-18(10-9-16(27)11-17(28)12-19(29)30)21(14-5-7-15(23)8-6-14)25-22(24-20)26(3)33(4,31)32/h5-11,13,17,27-28H,12H2,1-4H3,(H,29,30)/b10-9+,16-11-/t17-/m1/s1. The number of halogens is 1. The van der Waals surface area contributed by atoms with Crippen molar-refractivity contribution in [2.45, 2.75) is 32.3 Å². The Bertz CT molecular complexity index is 1180. The molecule has 0 amide bonds. The van der Waals surface area contributed by atoms with Crippen LogP contribution in [0.1, 0.15) is 37.4 Å². The highest BCUT2D eigenvalue weighted by Gasteiger charge is 2.22. The quantitative estimate of drug-likeness (QED) is 0.368. The second-order valence-corrected chi connectivity index (χ2v) is 9.67. The molecule has 0 aliphatic heterocycles. The van der Waals surface area contributed by atoms with Gasteiger partial charge in [-0.25, -0.2) is 27.1 Å². The first-order valence-corrected chi connectivity index (χ1v) is 11.7. The van der Waals surface area contributed by atoms with Crippen LogP contribution in [0.15, 0.2) is 42.2 Å². The zero-order chi connectivity index (χ0) is 24.9. The fourth-order valence-corrected chi connectivity index (χ4v) is 3.23. The van der Waals surface area contributed by atoms with Gasteiger partial charge >= 0.3 is 5.97 Å². The van der Waals surface area contributed by atoms with Crippen LogP contribution in [0.2, 0.25) is 0 Å². The number of aliphatic hydroxyl groups excluding tert-OH is 2. The van der Waals surface area contributed by atoms with Crippen molar-refractivity contribution in [1.82, 2.24) is 9.97 Å². The number of allylic oxidation sites excluding steroid dienone is 1. The number of aliphatic hydroxyl groups is 2. The van der Waals surface area contributed by atoms with E-state index in [1.807, 2.05) is 13.8 Å². The third-order valence-corrected chi connectivity index (χ3v) is 5.73. The van der Waals surface area contributed by atoms with Gasteiger partial charge in [0.15, 0.2) is 0 Å². The molecular weight excluding hydrogens is 453 g/mol. The smallest absolute Gasteiger partial charge is 0.306 e. The van der Waals surface area contributed by atoms with Crippen molar-refractivity contribution in [2.75, 3.05) is 17.6 Å². The summed E-state index contributed by atoms with van der Waals surface area (Å²) in [4.78, 5) is 19.5. The summed E-state index contributed by atoms with van der Waals surface area (Å²) in [6, 6.07) is 5.43. The summed E-state index contributed by atoms with van der Waals surface area (Å²) in [7, 11) is -2.34. The summed E-state index contributed by atoms with van der Waals surface area (Å²) >= 11 is 0. The van der Waals surface area contributed by atoms with E-state index in [0.717, 1.165) is 16.6 Å². The molecule has 1 aromatic carbocycles. The van der Waals surface area contributed by atoms with E-state index in [0.29, 0.717) is 22.5 Å². The third kappa shape index (κ3) is 7.09. The summed E-state index contributed by atoms with van der Waals surface area (Å²) < 4.78 is 38.6. The Labute approximate surface area is 191 Å². The first-order chi connectivity index (χ1) is 15.3. The first-order valence-electron chi connectivity index (χ1n) is 9.90. The molecule has 0 bridgehead atoms. The molecule has 3 N–H and O–H groups in total. The Balaban J connectivity index is 2.70. The van der Waals surface area contributed by atoms with Crippen molar-refractivity contribution in [3.8, 4) is 11.3 Å². The highest BCUT2D eigenvalue weighted by molar-refractivity contribution is 7.92. The summed E-state index contributed by atoms with van der Waals surface area (Å²) in [5, 5.41) is 28.5. The second kappa shape index (κ2) is 10.5. The fraction of sp³-hybridized carbons (Fsp3) is 0.318. The van der Waals surface area contributed by atoms with E-state index in [9.17, 15) is 27.8 Å². The van der Waals surface area contributed by atoms with Crippen LogP contribution in [-0.2, 0) is 14.8 Å². The number of aromatic nitrogens is 2. The summed E-state index contributed by atoms with van der Waals surface area (Å²) in [5.74, 6) is -2.34. The summed E-state index contributed by atoms with van der Waals surface area (Å²) in [5.41, 5.74) is 1.69. The minimum Gasteiger partial charge on any atom is -0.508 e. The van der Waals surface area contributed by atoms with Crippen molar-refractivity contribution >= 4 is 28.0 Å². The van der Waals surface area contributed by atoms with Gasteiger partial charge in [0.1, 0.15) is 11.6 Å². The molecule has 1 heterocycles. The molecule has 0 aliphatic rings. The van der Waals surface area contributed by atoms with Crippen LogP contribution in [0, 0.1) is 5.82 Å². The average Bonchev–Trinajstić information content (AvgIpc) is 2.70. The van der Waals surface area contributed by atoms with E-state index >= 15 is 0 Å². The molecule has 0 unspecified atom stereocenters. The van der Waals surface area contributed by atoms with Crippen molar-refractivity contribution in [1.29, 1.82) is 0 Å². The van der Waals surface area contributed by atoms with Gasteiger partial charge in [0, 0.05) is 18.2 Å². The highest BCUT2D eigenvalue weighted by atomic mass is 32.2. The molecule has 0 radical (unpaired) electrons. The lowest BCUT2D eigenvalue weighted by Crippen LogP contribution is -2.27. The average molecular weight is 480 g/mol. The maximum Gasteiger partial charge on any atom is 0.306 e. The van der Waals surface area contributed by atoms with Crippen molar-refractivity contribution < 1.29 is 32.9 Å². The van der Waals surface area contributed by atoms with Gasteiger partial charge in [-0.1, -0.05) is 13.8 Å². The number of aliphatic carboxylic acids is 1. The first kappa shape index (κ1) is 25.9. The van der Waals surface area contributed by atoms with E-state index in [1.54, 1.807) is 0 Å². The van der Waals surface area contributed by atoms with E-state index in [4.69, 9.17) is 5.11 Å². The molecule has 2 aromatic rings. The number of nitrogens with zero attached hydrogens (tertiary/aromatic N) is 3. The molecule has 1 atom stereocenters. The van der Waals surface area contributed by atoms with Gasteiger partial charge in [0.05, 0.1) is 30.2 Å². The molecule has 11 heteroatoms. The third-order valence-electron chi connectivity index (χ3n) is 4.57. The van der Waals surface area contributed by atoms with Gasteiger partial charge < -0.3 is 15.3 Å². The Morgan fingerprint density at radius 1 is 1.18 bits per heavy atom. The lowest BCUT2D eigenvalue weighted by Gasteiger charge is -2.20. The van der Waals surface area contributed by atoms with Crippen molar-refractivity contribution in [2.24, 2.45) is 0 Å². The molecule has 0 saturated heterocycles. The number of anilines is 1. The second-order valence-electron chi connectivity index (χ2n) is 7.65. The summed E-state index contributed by atoms with van der Waals surface area (Å²) in [6.45, 7) is 3.68. The summed E-state index contributed by atoms with van der Waals surface area (Å²) in [6.07, 6.45) is 2.73. The molecule has 0 fully saturated rings. The van der Waals surface area contributed by atoms with Crippen LogP contribution in [-0.4, -0.2) is 59.1 Å². The van der Waals surface area contributed by atoms with E-state index in [2.05, 4.69) is 9.97 Å². The predicted molar refractivity (Wildman–Crippen MR) is 123 cm³/mol. The van der Waals surface area contributed by atoms with Gasteiger partial charge in [-0.05, 0) is 48.4 Å². The van der Waals surface area contributed by atoms with Crippen LogP contribution in [0.4, 0.5) is 10.3 Å². The minimum absolute atomic E-state index is 0.0747. The Morgan fingerprint density at radius 3 is 2.30 bits per heavy atom. The Kier molecular flexibility index (Phi) is 8.29. The van der Waals surface area contributed by atoms with E-state index in [1.165, 1.54) is 43.5 Å². The number of benzene rings is 1. The van der Waals surface area contributed by atoms with Crippen LogP contribution in [0.3, 0.4) is 0 Å². The van der Waals surface area contributed by atoms with Crippen molar-refractivity contribution in [3.05, 3.63) is 59.3 Å². The molecule has 0 spiro atoms. The number of hydrogen-bond donors (Lipinski definition) is 3. The van der Waals surface area contributed by atoms with Crippen LogP contribution in [0.25, 0.3) is 17.3 Å². The highest BCUT2D eigenvalue weighted by Crippen LogP contribution is 2.31. The Morgan fingerprint density at radius 2 is 1.79 bits per heavy atom. The molecule has 33 heavy (non-hydrogen) atoms. The minimum atomic E-state index is -3.66. The van der Waals surface area contributed by atoms with Crippen LogP contribution in [0.5, 0.6) is 0 Å². The number of rotatable bonds is 9. The Hall–Kier alpha value is -3.31. The zero-order valence-corrected chi connectivity index (χ0v) is 19.4. The molecule has 2 rings (SSSR count). The van der Waals surface area contributed by atoms with Crippen LogP contribution < -0.4 is 4.31 Å². The monoisotopic (exact) mass is 479 g/mol. The van der Waals surface area contributed by atoms with Gasteiger partial charge in [-0.3, -0.25) is 4.79 Å². The number of carboxylic acids is 1. The number of hydrogen-bond acceptors (Lipinski definition) is 7. The van der Waals surface area contributed by atoms with Crippen LogP contribution >= 0.6 is 0 Å². The lowest BCUT2D eigenvalue weighted by atomic mass is 9.98. The molecule has 1 aromatic heterocycles. The number of carbonyl (C=O) groups is 1. The molecule has 0 saturated carbocycles. The molecule has 0 aliphatic carbocycles. The van der Waals surface area contributed by atoms with Gasteiger partial charge in [-0.2, -0.15) is 0 Å². The molecule has 9 nitrogen and oxygen atoms in total. The maximum atomic E-state index is 13.5. The predicted octanol–water partition coefficient (Wildman–Crippen LogP) is 3.09. The molecular formula is C22H26FN3O6S. The topological polar surface area (TPSA) is 141 Å². The zero-order valence-electron chi connectivity index (χ0n) is 18.6. The lowest BCUT2D eigenvalue weighted by molar-refractivity contribution is -0.138. The normalized spacial score (nSPS) is 13.5. The largest absolute Gasteiger partial charge is 0.508 e. The number of sulfonamides is 1. The van der Waals surface area contributed by atoms with Crippen molar-refractivity contribution in [3.63, 3.8) is 0 Å². The fourth-order valence-electron chi connectivity index (χ4n) is 2.86. The van der Waals surface area contributed by atoms with Gasteiger partial charge in [0.25, 0.3) is 0 Å².